The number of urea groups is 1. The van der Waals surface area contributed by atoms with E-state index in [9.17, 15) is 18.0 Å². The molecule has 2 aliphatic carbocycles. The normalized spacial score (nSPS) is 27.4. The van der Waals surface area contributed by atoms with Crippen LogP contribution in [0.4, 0.5) is 23.7 Å². The molecule has 2 saturated carbocycles. The minimum absolute atomic E-state index is 0.0574. The fraction of sp³-hybridized carbons (Fsp3) is 0.650. The van der Waals surface area contributed by atoms with E-state index in [1.54, 1.807) is 0 Å². The Kier molecular flexibility index (Phi) is 4.93. The number of likely N-dealkylation sites (N-methyl/N-ethyl adjacent to an activating group) is 1. The van der Waals surface area contributed by atoms with E-state index in [4.69, 9.17) is 0 Å². The van der Waals surface area contributed by atoms with Gasteiger partial charge in [0.1, 0.15) is 0 Å². The molecular weight excluding hydrogens is 369 g/mol. The number of fused-ring (bicyclic) bond motifs is 1. The molecule has 1 saturated heterocycles. The number of halogens is 3. The van der Waals surface area contributed by atoms with E-state index in [2.05, 4.69) is 20.4 Å². The second-order valence-corrected chi connectivity index (χ2v) is 8.39. The summed E-state index contributed by atoms with van der Waals surface area (Å²) in [7, 11) is 2.03. The van der Waals surface area contributed by atoms with E-state index in [0.29, 0.717) is 11.5 Å². The zero-order valence-corrected chi connectivity index (χ0v) is 16.1. The average molecular weight is 396 g/mol. The van der Waals surface area contributed by atoms with Crippen molar-refractivity contribution >= 4 is 11.7 Å². The smallest absolute Gasteiger partial charge is 0.369 e. The summed E-state index contributed by atoms with van der Waals surface area (Å²) in [5, 5.41) is 5.85. The third kappa shape index (κ3) is 3.92. The highest BCUT2D eigenvalue weighted by atomic mass is 19.4. The molecule has 1 heterocycles. The van der Waals surface area contributed by atoms with Crippen LogP contribution in [-0.4, -0.2) is 49.7 Å². The first kappa shape index (κ1) is 19.4. The standard InChI is InChI=1S/C20H27F3N4O/c1-26-7-9-27(10-8-26)17-5-4-15(20(21,22)23)11-14(17)13-24-18(28)25-19-6-2-3-16(19)12-19/h4-5,11,16H,2-3,6-10,12-13H2,1H3,(H2,24,25,28). The lowest BCUT2D eigenvalue weighted by Crippen LogP contribution is -2.45. The Labute approximate surface area is 163 Å². The third-order valence-electron chi connectivity index (χ3n) is 6.46. The fourth-order valence-electron chi connectivity index (χ4n) is 4.65. The van der Waals surface area contributed by atoms with Crippen molar-refractivity contribution in [2.24, 2.45) is 5.92 Å². The topological polar surface area (TPSA) is 47.6 Å². The van der Waals surface area contributed by atoms with E-state index in [-0.39, 0.29) is 18.1 Å². The van der Waals surface area contributed by atoms with Crippen LogP contribution < -0.4 is 15.5 Å². The monoisotopic (exact) mass is 396 g/mol. The van der Waals surface area contributed by atoms with Crippen molar-refractivity contribution in [2.75, 3.05) is 38.1 Å². The number of piperazine rings is 1. The fourth-order valence-corrected chi connectivity index (χ4v) is 4.65. The molecule has 2 unspecified atom stereocenters. The van der Waals surface area contributed by atoms with Gasteiger partial charge in [0.25, 0.3) is 0 Å². The molecular formula is C20H27F3N4O. The molecule has 1 aliphatic heterocycles. The molecule has 28 heavy (non-hydrogen) atoms. The molecule has 2 N–H and O–H groups in total. The van der Waals surface area contributed by atoms with Crippen LogP contribution in [0.5, 0.6) is 0 Å². The quantitative estimate of drug-likeness (QED) is 0.822. The lowest BCUT2D eigenvalue weighted by Gasteiger charge is -2.35. The number of rotatable bonds is 4. The number of benzene rings is 1. The molecule has 2 amide bonds. The molecule has 0 bridgehead atoms. The molecule has 2 atom stereocenters. The van der Waals surface area contributed by atoms with Crippen LogP contribution in [0, 0.1) is 5.92 Å². The van der Waals surface area contributed by atoms with Gasteiger partial charge in [0.15, 0.2) is 0 Å². The van der Waals surface area contributed by atoms with Crippen molar-refractivity contribution in [3.8, 4) is 0 Å². The number of anilines is 1. The minimum atomic E-state index is -4.40. The maximum Gasteiger partial charge on any atom is 0.416 e. The molecule has 8 heteroatoms. The number of carbonyl (C=O) groups excluding carboxylic acids is 1. The maximum atomic E-state index is 13.2. The molecule has 3 fully saturated rings. The van der Waals surface area contributed by atoms with Gasteiger partial charge in [-0.3, -0.25) is 0 Å². The number of hydrogen-bond acceptors (Lipinski definition) is 3. The molecule has 154 valence electrons. The Hall–Kier alpha value is -1.96. The summed E-state index contributed by atoms with van der Waals surface area (Å²) in [5.41, 5.74) is 0.535. The Morgan fingerprint density at radius 3 is 2.61 bits per heavy atom. The van der Waals surface area contributed by atoms with Gasteiger partial charge in [0.05, 0.1) is 5.56 Å². The van der Waals surface area contributed by atoms with Gasteiger partial charge >= 0.3 is 12.2 Å². The van der Waals surface area contributed by atoms with Gasteiger partial charge in [-0.1, -0.05) is 6.42 Å². The van der Waals surface area contributed by atoms with E-state index in [1.165, 1.54) is 12.1 Å². The van der Waals surface area contributed by atoms with Crippen LogP contribution >= 0.6 is 0 Å². The van der Waals surface area contributed by atoms with Crippen LogP contribution in [0.3, 0.4) is 0 Å². The summed E-state index contributed by atoms with van der Waals surface area (Å²) in [5.74, 6) is 0.577. The number of amides is 2. The largest absolute Gasteiger partial charge is 0.416 e. The van der Waals surface area contributed by atoms with Crippen LogP contribution in [0.25, 0.3) is 0 Å². The molecule has 0 radical (unpaired) electrons. The van der Waals surface area contributed by atoms with E-state index < -0.39 is 11.7 Å². The van der Waals surface area contributed by atoms with Crippen molar-refractivity contribution in [1.29, 1.82) is 0 Å². The van der Waals surface area contributed by atoms with Crippen molar-refractivity contribution in [3.05, 3.63) is 29.3 Å². The lowest BCUT2D eigenvalue weighted by molar-refractivity contribution is -0.137. The van der Waals surface area contributed by atoms with Gasteiger partial charge in [0.2, 0.25) is 0 Å². The summed E-state index contributed by atoms with van der Waals surface area (Å²) in [6.07, 6.45) is -0.0903. The van der Waals surface area contributed by atoms with Gasteiger partial charge in [-0.2, -0.15) is 13.2 Å². The van der Waals surface area contributed by atoms with Crippen molar-refractivity contribution < 1.29 is 18.0 Å². The van der Waals surface area contributed by atoms with Crippen LogP contribution in [-0.2, 0) is 12.7 Å². The van der Waals surface area contributed by atoms with Gasteiger partial charge in [0, 0.05) is 44.0 Å². The van der Waals surface area contributed by atoms with Crippen molar-refractivity contribution in [2.45, 2.75) is 43.9 Å². The second-order valence-electron chi connectivity index (χ2n) is 8.39. The van der Waals surface area contributed by atoms with Crippen molar-refractivity contribution in [1.82, 2.24) is 15.5 Å². The molecule has 5 nitrogen and oxygen atoms in total. The zero-order valence-electron chi connectivity index (χ0n) is 16.1. The third-order valence-corrected chi connectivity index (χ3v) is 6.46. The van der Waals surface area contributed by atoms with Crippen LogP contribution in [0.1, 0.15) is 36.8 Å². The molecule has 3 aliphatic rings. The molecule has 4 rings (SSSR count). The van der Waals surface area contributed by atoms with Gasteiger partial charge in [-0.25, -0.2) is 4.79 Å². The van der Waals surface area contributed by atoms with E-state index >= 15 is 0 Å². The summed E-state index contributed by atoms with van der Waals surface area (Å²) < 4.78 is 39.6. The van der Waals surface area contributed by atoms with E-state index in [1.807, 2.05) is 7.05 Å². The van der Waals surface area contributed by atoms with Gasteiger partial charge in [-0.05, 0) is 56.0 Å². The zero-order chi connectivity index (χ0) is 19.9. The first-order valence-electron chi connectivity index (χ1n) is 9.96. The van der Waals surface area contributed by atoms with E-state index in [0.717, 1.165) is 63.6 Å². The SMILES string of the molecule is CN1CCN(c2ccc(C(F)(F)F)cc2CNC(=O)NC23CCCC2C3)CC1. The molecule has 0 spiro atoms. The highest BCUT2D eigenvalue weighted by molar-refractivity contribution is 5.76. The highest BCUT2D eigenvalue weighted by Gasteiger charge is 2.57. The number of alkyl halides is 3. The Morgan fingerprint density at radius 2 is 2.00 bits per heavy atom. The lowest BCUT2D eigenvalue weighted by atomic mass is 10.1. The summed E-state index contributed by atoms with van der Waals surface area (Å²) in [6, 6.07) is 3.55. The Morgan fingerprint density at radius 1 is 1.25 bits per heavy atom. The summed E-state index contributed by atoms with van der Waals surface area (Å²) >= 11 is 0. The first-order valence-corrected chi connectivity index (χ1v) is 9.96. The molecule has 0 aromatic heterocycles. The second kappa shape index (κ2) is 7.13. The van der Waals surface area contributed by atoms with Gasteiger partial charge < -0.3 is 20.4 Å². The van der Waals surface area contributed by atoms with Gasteiger partial charge in [-0.15, -0.1) is 0 Å². The first-order chi connectivity index (χ1) is 13.3. The number of nitrogens with one attached hydrogen (secondary N) is 2. The number of hydrogen-bond donors (Lipinski definition) is 2. The molecule has 1 aromatic rings. The summed E-state index contributed by atoms with van der Waals surface area (Å²) in [4.78, 5) is 16.6. The van der Waals surface area contributed by atoms with Crippen LogP contribution in [0.2, 0.25) is 0 Å². The average Bonchev–Trinajstić information content (AvgIpc) is 3.18. The summed E-state index contributed by atoms with van der Waals surface area (Å²) in [6.45, 7) is 3.31. The predicted molar refractivity (Wildman–Crippen MR) is 101 cm³/mol. The predicted octanol–water partition coefficient (Wildman–Crippen LogP) is 3.20. The number of carbonyl (C=O) groups is 1. The van der Waals surface area contributed by atoms with Crippen molar-refractivity contribution in [3.63, 3.8) is 0 Å². The minimum Gasteiger partial charge on any atom is -0.369 e. The Bertz CT molecular complexity index is 745. The van der Waals surface area contributed by atoms with Crippen LogP contribution in [0.15, 0.2) is 18.2 Å². The Balaban J connectivity index is 1.47. The maximum absolute atomic E-state index is 13.2. The molecule has 1 aromatic carbocycles. The number of nitrogens with zero attached hydrogens (tertiary/aromatic N) is 2. The highest BCUT2D eigenvalue weighted by Crippen LogP contribution is 2.55.